The Labute approximate surface area is 132 Å². The van der Waals surface area contributed by atoms with Gasteiger partial charge in [0, 0.05) is 6.54 Å². The minimum atomic E-state index is -0.696. The Kier molecular flexibility index (Phi) is 6.99. The van der Waals surface area contributed by atoms with Crippen LogP contribution in [0.5, 0.6) is 5.75 Å². The van der Waals surface area contributed by atoms with E-state index < -0.39 is 5.97 Å². The van der Waals surface area contributed by atoms with Crippen LogP contribution in [0, 0.1) is 13.8 Å². The van der Waals surface area contributed by atoms with E-state index in [0.29, 0.717) is 6.61 Å². The number of ether oxygens (including phenoxy) is 1. The molecule has 21 heavy (non-hydrogen) atoms. The number of carboxylic acids is 1. The molecule has 1 saturated heterocycles. The monoisotopic (exact) mass is 313 g/mol. The highest BCUT2D eigenvalue weighted by molar-refractivity contribution is 5.85. The van der Waals surface area contributed by atoms with Crippen LogP contribution in [0.1, 0.15) is 30.4 Å². The number of hydrogen-bond donors (Lipinski definition) is 1. The van der Waals surface area contributed by atoms with Crippen molar-refractivity contribution in [2.75, 3.05) is 19.7 Å². The lowest BCUT2D eigenvalue weighted by molar-refractivity contribution is -0.142. The Morgan fingerprint density at radius 1 is 1.43 bits per heavy atom. The first-order chi connectivity index (χ1) is 9.58. The molecule has 2 rings (SSSR count). The lowest BCUT2D eigenvalue weighted by atomic mass is 10.1. The third-order valence-electron chi connectivity index (χ3n) is 3.84. The summed E-state index contributed by atoms with van der Waals surface area (Å²) in [5, 5.41) is 9.11. The molecule has 1 unspecified atom stereocenters. The second-order valence-electron chi connectivity index (χ2n) is 5.50. The van der Waals surface area contributed by atoms with E-state index in [0.717, 1.165) is 43.7 Å². The fourth-order valence-corrected chi connectivity index (χ4v) is 2.69. The zero-order chi connectivity index (χ0) is 14.5. The van der Waals surface area contributed by atoms with Crippen LogP contribution in [0.4, 0.5) is 0 Å². The van der Waals surface area contributed by atoms with E-state index in [1.807, 2.05) is 19.9 Å². The van der Waals surface area contributed by atoms with Gasteiger partial charge in [-0.3, -0.25) is 9.69 Å². The molecule has 1 aliphatic heterocycles. The summed E-state index contributed by atoms with van der Waals surface area (Å²) in [4.78, 5) is 13.1. The van der Waals surface area contributed by atoms with E-state index in [2.05, 4.69) is 17.0 Å². The Bertz CT molecular complexity index is 479. The molecule has 1 fully saturated rings. The molecule has 0 amide bonds. The van der Waals surface area contributed by atoms with E-state index in [-0.39, 0.29) is 18.4 Å². The molecular weight excluding hydrogens is 290 g/mol. The number of hydrogen-bond acceptors (Lipinski definition) is 3. The first-order valence-electron chi connectivity index (χ1n) is 7.25. The summed E-state index contributed by atoms with van der Waals surface area (Å²) >= 11 is 0. The summed E-state index contributed by atoms with van der Waals surface area (Å²) in [6.07, 6.45) is 2.61. The van der Waals surface area contributed by atoms with Gasteiger partial charge in [-0.25, -0.2) is 0 Å². The van der Waals surface area contributed by atoms with Crippen molar-refractivity contribution in [1.29, 1.82) is 0 Å². The van der Waals surface area contributed by atoms with Gasteiger partial charge in [-0.05, 0) is 56.8 Å². The van der Waals surface area contributed by atoms with Crippen molar-refractivity contribution >= 4 is 18.4 Å². The number of likely N-dealkylation sites (tertiary alicyclic amines) is 1. The highest BCUT2D eigenvalue weighted by atomic mass is 35.5. The number of benzene rings is 1. The largest absolute Gasteiger partial charge is 0.493 e. The predicted molar refractivity (Wildman–Crippen MR) is 85.5 cm³/mol. The smallest absolute Gasteiger partial charge is 0.320 e. The van der Waals surface area contributed by atoms with Crippen molar-refractivity contribution in [2.45, 2.75) is 39.2 Å². The van der Waals surface area contributed by atoms with Crippen LogP contribution in [0.2, 0.25) is 0 Å². The van der Waals surface area contributed by atoms with Gasteiger partial charge in [-0.1, -0.05) is 12.1 Å². The van der Waals surface area contributed by atoms with E-state index in [9.17, 15) is 4.79 Å². The Morgan fingerprint density at radius 2 is 2.19 bits per heavy atom. The first kappa shape index (κ1) is 17.8. The number of carboxylic acid groups (broad SMARTS) is 1. The molecule has 0 aromatic heterocycles. The van der Waals surface area contributed by atoms with Gasteiger partial charge in [0.15, 0.2) is 0 Å². The molecule has 0 spiro atoms. The summed E-state index contributed by atoms with van der Waals surface area (Å²) in [6, 6.07) is 5.89. The molecule has 1 aliphatic rings. The second-order valence-corrected chi connectivity index (χ2v) is 5.50. The average molecular weight is 314 g/mol. The van der Waals surface area contributed by atoms with Crippen LogP contribution in [0.25, 0.3) is 0 Å². The minimum absolute atomic E-state index is 0. The van der Waals surface area contributed by atoms with Crippen LogP contribution < -0.4 is 4.74 Å². The van der Waals surface area contributed by atoms with Crippen LogP contribution in [-0.2, 0) is 4.79 Å². The molecule has 0 radical (unpaired) electrons. The van der Waals surface area contributed by atoms with Crippen LogP contribution in [0.3, 0.4) is 0 Å². The predicted octanol–water partition coefficient (Wildman–Crippen LogP) is 3.04. The van der Waals surface area contributed by atoms with Crippen LogP contribution in [-0.4, -0.2) is 41.7 Å². The molecule has 1 aromatic rings. The van der Waals surface area contributed by atoms with Crippen LogP contribution >= 0.6 is 12.4 Å². The van der Waals surface area contributed by atoms with Crippen molar-refractivity contribution in [3.05, 3.63) is 29.3 Å². The van der Waals surface area contributed by atoms with E-state index in [4.69, 9.17) is 9.84 Å². The molecule has 4 nitrogen and oxygen atoms in total. The van der Waals surface area contributed by atoms with Gasteiger partial charge in [-0.2, -0.15) is 0 Å². The summed E-state index contributed by atoms with van der Waals surface area (Å²) in [5.74, 6) is 0.235. The third kappa shape index (κ3) is 4.90. The molecule has 0 saturated carbocycles. The molecule has 1 atom stereocenters. The zero-order valence-electron chi connectivity index (χ0n) is 12.7. The number of rotatable bonds is 6. The molecule has 1 N–H and O–H groups in total. The molecule has 0 bridgehead atoms. The SMILES string of the molecule is Cc1ccc(C)c(OCCCN2CCCC2C(=O)O)c1.Cl. The van der Waals surface area contributed by atoms with E-state index in [1.165, 1.54) is 5.56 Å². The summed E-state index contributed by atoms with van der Waals surface area (Å²) in [6.45, 7) is 6.40. The first-order valence-corrected chi connectivity index (χ1v) is 7.25. The number of aryl methyl sites for hydroxylation is 2. The highest BCUT2D eigenvalue weighted by Crippen LogP contribution is 2.20. The maximum atomic E-state index is 11.1. The summed E-state index contributed by atoms with van der Waals surface area (Å²) in [5.41, 5.74) is 2.33. The second kappa shape index (κ2) is 8.25. The van der Waals surface area contributed by atoms with Gasteiger partial charge in [0.2, 0.25) is 0 Å². The lowest BCUT2D eigenvalue weighted by Gasteiger charge is -2.20. The number of aliphatic carboxylic acids is 1. The third-order valence-corrected chi connectivity index (χ3v) is 3.84. The quantitative estimate of drug-likeness (QED) is 0.820. The summed E-state index contributed by atoms with van der Waals surface area (Å²) < 4.78 is 5.80. The van der Waals surface area contributed by atoms with Crippen molar-refractivity contribution in [3.63, 3.8) is 0 Å². The zero-order valence-corrected chi connectivity index (χ0v) is 13.5. The maximum Gasteiger partial charge on any atom is 0.320 e. The van der Waals surface area contributed by atoms with Gasteiger partial charge in [-0.15, -0.1) is 12.4 Å². The number of halogens is 1. The Balaban J connectivity index is 0.00000220. The van der Waals surface area contributed by atoms with Gasteiger partial charge in [0.25, 0.3) is 0 Å². The Hall–Kier alpha value is -1.26. The molecule has 1 aromatic carbocycles. The topological polar surface area (TPSA) is 49.8 Å². The minimum Gasteiger partial charge on any atom is -0.493 e. The lowest BCUT2D eigenvalue weighted by Crippen LogP contribution is -2.36. The van der Waals surface area contributed by atoms with Crippen molar-refractivity contribution < 1.29 is 14.6 Å². The number of carbonyl (C=O) groups is 1. The van der Waals surface area contributed by atoms with Gasteiger partial charge >= 0.3 is 5.97 Å². The fraction of sp³-hybridized carbons (Fsp3) is 0.562. The van der Waals surface area contributed by atoms with Gasteiger partial charge in [0.05, 0.1) is 6.61 Å². The van der Waals surface area contributed by atoms with E-state index in [1.54, 1.807) is 0 Å². The summed E-state index contributed by atoms with van der Waals surface area (Å²) in [7, 11) is 0. The van der Waals surface area contributed by atoms with Crippen molar-refractivity contribution in [3.8, 4) is 5.75 Å². The van der Waals surface area contributed by atoms with Gasteiger partial charge in [0.1, 0.15) is 11.8 Å². The van der Waals surface area contributed by atoms with Gasteiger partial charge < -0.3 is 9.84 Å². The normalized spacial score (nSPS) is 18.3. The van der Waals surface area contributed by atoms with Crippen LogP contribution in [0.15, 0.2) is 18.2 Å². The fourth-order valence-electron chi connectivity index (χ4n) is 2.69. The molecule has 118 valence electrons. The highest BCUT2D eigenvalue weighted by Gasteiger charge is 2.29. The molecule has 5 heteroatoms. The number of nitrogens with zero attached hydrogens (tertiary/aromatic N) is 1. The van der Waals surface area contributed by atoms with Crippen molar-refractivity contribution in [1.82, 2.24) is 4.90 Å². The standard InChI is InChI=1S/C16H23NO3.ClH/c1-12-6-7-13(2)15(11-12)20-10-4-9-17-8-3-5-14(17)16(18)19;/h6-7,11,14H,3-5,8-10H2,1-2H3,(H,18,19);1H. The van der Waals surface area contributed by atoms with E-state index >= 15 is 0 Å². The maximum absolute atomic E-state index is 11.1. The average Bonchev–Trinajstić information content (AvgIpc) is 2.87. The molecule has 1 heterocycles. The van der Waals surface area contributed by atoms with Crippen molar-refractivity contribution in [2.24, 2.45) is 0 Å². The molecular formula is C16H24ClNO3. The Morgan fingerprint density at radius 3 is 2.90 bits per heavy atom. The molecule has 0 aliphatic carbocycles.